The van der Waals surface area contributed by atoms with Crippen LogP contribution in [0.3, 0.4) is 0 Å². The van der Waals surface area contributed by atoms with Gasteiger partial charge in [0.15, 0.2) is 0 Å². The van der Waals surface area contributed by atoms with Crippen molar-refractivity contribution in [1.29, 1.82) is 0 Å². The molecule has 0 aliphatic rings. The fraction of sp³-hybridized carbons (Fsp3) is 0.0588. The van der Waals surface area contributed by atoms with Gasteiger partial charge in [-0.2, -0.15) is 0 Å². The van der Waals surface area contributed by atoms with E-state index in [0.29, 0.717) is 0 Å². The van der Waals surface area contributed by atoms with Crippen molar-refractivity contribution in [2.45, 2.75) is 13.8 Å². The molecule has 6 aromatic rings. The van der Waals surface area contributed by atoms with Crippen LogP contribution in [0.15, 0.2) is 127 Å². The molecule has 0 N–H and O–H groups in total. The van der Waals surface area contributed by atoms with E-state index in [1.54, 1.807) is 0 Å². The zero-order chi connectivity index (χ0) is 24.5. The molecule has 0 atom stereocenters. The third-order valence-corrected chi connectivity index (χ3v) is 7.89. The van der Waals surface area contributed by atoms with Gasteiger partial charge >= 0.3 is 0 Å². The Balaban J connectivity index is 1.57. The van der Waals surface area contributed by atoms with Crippen LogP contribution in [-0.2, 0) is 0 Å². The van der Waals surface area contributed by atoms with Crippen molar-refractivity contribution in [2.75, 3.05) is 4.90 Å². The predicted octanol–water partition coefficient (Wildman–Crippen LogP) is 10.7. The highest BCUT2D eigenvalue weighted by Gasteiger charge is 2.17. The Morgan fingerprint density at radius 1 is 0.639 bits per heavy atom. The Labute approximate surface area is 216 Å². The summed E-state index contributed by atoms with van der Waals surface area (Å²) < 4.78 is 2.64. The van der Waals surface area contributed by atoms with E-state index >= 15 is 0 Å². The minimum atomic E-state index is 1.14. The lowest BCUT2D eigenvalue weighted by molar-refractivity contribution is 1.30. The lowest BCUT2D eigenvalue weighted by Crippen LogP contribution is -2.10. The highest BCUT2D eigenvalue weighted by molar-refractivity contribution is 7.25. The predicted molar refractivity (Wildman–Crippen MR) is 160 cm³/mol. The first-order chi connectivity index (χ1) is 17.8. The summed E-state index contributed by atoms with van der Waals surface area (Å²) in [5.41, 5.74) is 5.93. The number of fused-ring (bicyclic) bond motifs is 4. The molecule has 0 fully saturated rings. The van der Waals surface area contributed by atoms with Gasteiger partial charge < -0.3 is 4.90 Å². The molecular formula is C34H27NS. The molecular weight excluding hydrogens is 454 g/mol. The van der Waals surface area contributed by atoms with E-state index < -0.39 is 0 Å². The molecule has 174 valence electrons. The average Bonchev–Trinajstić information content (AvgIpc) is 3.31. The molecule has 6 rings (SSSR count). The Bertz CT molecular complexity index is 1750. The number of anilines is 3. The van der Waals surface area contributed by atoms with Gasteiger partial charge in [-0.25, -0.2) is 0 Å². The molecule has 5 aromatic carbocycles. The fourth-order valence-corrected chi connectivity index (χ4v) is 6.11. The van der Waals surface area contributed by atoms with Gasteiger partial charge in [-0.1, -0.05) is 85.0 Å². The number of rotatable bonds is 5. The largest absolute Gasteiger partial charge is 0.310 e. The monoisotopic (exact) mass is 481 g/mol. The molecule has 0 amide bonds. The van der Waals surface area contributed by atoms with Crippen LogP contribution in [0, 0.1) is 0 Å². The van der Waals surface area contributed by atoms with E-state index in [-0.39, 0.29) is 0 Å². The van der Waals surface area contributed by atoms with Crippen molar-refractivity contribution >= 4 is 64.9 Å². The van der Waals surface area contributed by atoms with E-state index in [1.165, 1.54) is 47.8 Å². The van der Waals surface area contributed by atoms with E-state index in [2.05, 4.69) is 146 Å². The van der Waals surface area contributed by atoms with Crippen LogP contribution in [0.2, 0.25) is 0 Å². The molecule has 0 bridgehead atoms. The zero-order valence-corrected chi connectivity index (χ0v) is 21.3. The molecule has 0 aliphatic carbocycles. The standard InChI is InChI=1S/C34H27NS/c1-3-10-24(4-2)25-17-19-27(20-18-25)35(32-15-9-12-26-11-5-6-13-29(26)32)28-21-22-34-31(23-28)30-14-7-8-16-33(30)36-34/h3-23H,1-2H3/b10-3-,24-4+. The number of thiophene rings is 1. The summed E-state index contributed by atoms with van der Waals surface area (Å²) in [5, 5.41) is 5.10. The third-order valence-electron chi connectivity index (χ3n) is 6.74. The topological polar surface area (TPSA) is 3.24 Å². The van der Waals surface area contributed by atoms with E-state index in [9.17, 15) is 0 Å². The average molecular weight is 482 g/mol. The van der Waals surface area contributed by atoms with Gasteiger partial charge in [-0.05, 0) is 72.8 Å². The van der Waals surface area contributed by atoms with Crippen LogP contribution in [0.25, 0.3) is 36.5 Å². The first-order valence-electron chi connectivity index (χ1n) is 12.4. The molecule has 0 radical (unpaired) electrons. The van der Waals surface area contributed by atoms with E-state index in [4.69, 9.17) is 0 Å². The van der Waals surface area contributed by atoms with Crippen LogP contribution in [0.1, 0.15) is 19.4 Å². The molecule has 0 saturated carbocycles. The van der Waals surface area contributed by atoms with Crippen molar-refractivity contribution in [3.05, 3.63) is 133 Å². The maximum Gasteiger partial charge on any atom is 0.0540 e. The summed E-state index contributed by atoms with van der Waals surface area (Å²) in [4.78, 5) is 2.39. The van der Waals surface area contributed by atoms with Crippen molar-refractivity contribution in [2.24, 2.45) is 0 Å². The number of nitrogens with zero attached hydrogens (tertiary/aromatic N) is 1. The minimum Gasteiger partial charge on any atom is -0.310 e. The Kier molecular flexibility index (Phi) is 5.88. The molecule has 1 aromatic heterocycles. The molecule has 0 aliphatic heterocycles. The highest BCUT2D eigenvalue weighted by atomic mass is 32.1. The first kappa shape index (κ1) is 22.3. The van der Waals surface area contributed by atoms with Crippen LogP contribution in [0.4, 0.5) is 17.1 Å². The molecule has 1 heterocycles. The number of allylic oxidation sites excluding steroid dienone is 4. The second-order valence-corrected chi connectivity index (χ2v) is 9.99. The molecule has 2 heteroatoms. The Morgan fingerprint density at radius 2 is 1.33 bits per heavy atom. The van der Waals surface area contributed by atoms with E-state index in [0.717, 1.165) is 11.4 Å². The van der Waals surface area contributed by atoms with Crippen molar-refractivity contribution < 1.29 is 0 Å². The van der Waals surface area contributed by atoms with Crippen LogP contribution < -0.4 is 4.90 Å². The minimum absolute atomic E-state index is 1.14. The smallest absolute Gasteiger partial charge is 0.0540 e. The molecule has 0 spiro atoms. The van der Waals surface area contributed by atoms with Crippen molar-refractivity contribution in [1.82, 2.24) is 0 Å². The van der Waals surface area contributed by atoms with Crippen LogP contribution in [-0.4, -0.2) is 0 Å². The summed E-state index contributed by atoms with van der Waals surface area (Å²) in [6.07, 6.45) is 6.41. The highest BCUT2D eigenvalue weighted by Crippen LogP contribution is 2.42. The van der Waals surface area contributed by atoms with Crippen molar-refractivity contribution in [3.8, 4) is 0 Å². The van der Waals surface area contributed by atoms with Crippen molar-refractivity contribution in [3.63, 3.8) is 0 Å². The lowest BCUT2D eigenvalue weighted by atomic mass is 10.0. The second kappa shape index (κ2) is 9.49. The summed E-state index contributed by atoms with van der Waals surface area (Å²) in [7, 11) is 0. The normalized spacial score (nSPS) is 12.2. The number of hydrogen-bond donors (Lipinski definition) is 0. The van der Waals surface area contributed by atoms with Gasteiger partial charge in [0.2, 0.25) is 0 Å². The van der Waals surface area contributed by atoms with Gasteiger partial charge in [-0.15, -0.1) is 11.3 Å². The Hall–Kier alpha value is -4.14. The van der Waals surface area contributed by atoms with Gasteiger partial charge in [0, 0.05) is 36.9 Å². The maximum absolute atomic E-state index is 2.39. The van der Waals surface area contributed by atoms with Crippen LogP contribution in [0.5, 0.6) is 0 Å². The maximum atomic E-state index is 2.39. The molecule has 1 nitrogen and oxygen atoms in total. The molecule has 36 heavy (non-hydrogen) atoms. The van der Waals surface area contributed by atoms with Gasteiger partial charge in [0.1, 0.15) is 0 Å². The summed E-state index contributed by atoms with van der Waals surface area (Å²) in [6.45, 7) is 4.15. The zero-order valence-electron chi connectivity index (χ0n) is 20.5. The summed E-state index contributed by atoms with van der Waals surface area (Å²) in [5.74, 6) is 0. The Morgan fingerprint density at radius 3 is 2.14 bits per heavy atom. The van der Waals surface area contributed by atoms with Gasteiger partial charge in [0.25, 0.3) is 0 Å². The second-order valence-electron chi connectivity index (χ2n) is 8.90. The van der Waals surface area contributed by atoms with Gasteiger partial charge in [0.05, 0.1) is 5.69 Å². The third kappa shape index (κ3) is 3.90. The number of benzene rings is 5. The molecule has 0 saturated heterocycles. The summed E-state index contributed by atoms with van der Waals surface area (Å²) in [6, 6.07) is 39.7. The quantitative estimate of drug-likeness (QED) is 0.221. The molecule has 0 unspecified atom stereocenters. The van der Waals surface area contributed by atoms with Crippen LogP contribution >= 0.6 is 11.3 Å². The fourth-order valence-electron chi connectivity index (χ4n) is 5.03. The lowest BCUT2D eigenvalue weighted by Gasteiger charge is -2.27. The number of hydrogen-bond acceptors (Lipinski definition) is 2. The summed E-state index contributed by atoms with van der Waals surface area (Å²) >= 11 is 1.86. The van der Waals surface area contributed by atoms with Gasteiger partial charge in [-0.3, -0.25) is 0 Å². The van der Waals surface area contributed by atoms with E-state index in [1.807, 2.05) is 11.3 Å². The first-order valence-corrected chi connectivity index (χ1v) is 13.2. The SMILES string of the molecule is C/C=C\C(=C/C)c1ccc(N(c2ccc3sc4ccccc4c3c2)c2cccc3ccccc23)cc1.